The van der Waals surface area contributed by atoms with E-state index < -0.39 is 48.2 Å². The molecule has 12 nitrogen and oxygen atoms in total. The van der Waals surface area contributed by atoms with Gasteiger partial charge in [0.25, 0.3) is 0 Å². The molecule has 1 fully saturated rings. The zero-order valence-corrected chi connectivity index (χ0v) is 23.8. The van der Waals surface area contributed by atoms with Crippen molar-refractivity contribution in [3.05, 3.63) is 60.2 Å². The Kier molecular flexibility index (Phi) is 10.2. The molecule has 1 aliphatic rings. The molecular weight excluding hydrogens is 549 g/mol. The number of sulfonamides is 1. The SMILES string of the molecule is CC(C)CN(C[C@@H](OP(=O)(O)O)[C@@](C)(NC(=O)O[C@H]1CCOC1)c1ccccc1)S(=O)(=O)c1ccc(N)cc1. The number of alkyl carbamates (subject to hydrolysis) is 1. The molecule has 1 amide bonds. The topological polar surface area (TPSA) is 178 Å². The molecule has 2 aromatic carbocycles. The molecule has 3 rings (SSSR count). The van der Waals surface area contributed by atoms with Crippen LogP contribution in [-0.4, -0.2) is 67.1 Å². The lowest BCUT2D eigenvalue weighted by atomic mass is 9.86. The highest BCUT2D eigenvalue weighted by atomic mass is 32.2. The van der Waals surface area contributed by atoms with Crippen molar-refractivity contribution in [3.63, 3.8) is 0 Å². The number of rotatable bonds is 12. The van der Waals surface area contributed by atoms with Gasteiger partial charge in [-0.25, -0.2) is 17.8 Å². The van der Waals surface area contributed by atoms with Crippen LogP contribution >= 0.6 is 7.82 Å². The number of benzene rings is 2. The van der Waals surface area contributed by atoms with E-state index in [1.807, 2.05) is 0 Å². The fourth-order valence-electron chi connectivity index (χ4n) is 4.26. The van der Waals surface area contributed by atoms with Crippen LogP contribution in [0.2, 0.25) is 0 Å². The molecule has 14 heteroatoms. The number of amides is 1. The lowest BCUT2D eigenvalue weighted by Crippen LogP contribution is -2.57. The first-order valence-electron chi connectivity index (χ1n) is 12.4. The smallest absolute Gasteiger partial charge is 0.444 e. The van der Waals surface area contributed by atoms with Crippen molar-refractivity contribution in [2.45, 2.75) is 49.8 Å². The van der Waals surface area contributed by atoms with Gasteiger partial charge in [0.1, 0.15) is 12.2 Å². The van der Waals surface area contributed by atoms with Crippen LogP contribution in [0.25, 0.3) is 0 Å². The van der Waals surface area contributed by atoms with Gasteiger partial charge in [-0.2, -0.15) is 4.31 Å². The van der Waals surface area contributed by atoms with E-state index in [9.17, 15) is 27.6 Å². The van der Waals surface area contributed by atoms with Crippen molar-refractivity contribution in [3.8, 4) is 0 Å². The van der Waals surface area contributed by atoms with Crippen LogP contribution in [-0.2, 0) is 34.1 Å². The Morgan fingerprint density at radius 1 is 1.18 bits per heavy atom. The lowest BCUT2D eigenvalue weighted by Gasteiger charge is -2.40. The average Bonchev–Trinajstić information content (AvgIpc) is 3.35. The Balaban J connectivity index is 2.06. The van der Waals surface area contributed by atoms with E-state index in [4.69, 9.17) is 19.7 Å². The van der Waals surface area contributed by atoms with Gasteiger partial charge in [-0.3, -0.25) is 4.52 Å². The number of nitrogens with two attached hydrogens (primary N) is 1. The van der Waals surface area contributed by atoms with Gasteiger partial charge in [0.15, 0.2) is 0 Å². The molecule has 1 aliphatic heterocycles. The van der Waals surface area contributed by atoms with E-state index in [1.165, 1.54) is 31.2 Å². The summed E-state index contributed by atoms with van der Waals surface area (Å²) in [5, 5.41) is 2.69. The van der Waals surface area contributed by atoms with Gasteiger partial charge in [-0.1, -0.05) is 44.2 Å². The molecule has 39 heavy (non-hydrogen) atoms. The summed E-state index contributed by atoms with van der Waals surface area (Å²) in [5.41, 5.74) is 4.88. The molecule has 0 bridgehead atoms. The predicted octanol–water partition coefficient (Wildman–Crippen LogP) is 2.82. The van der Waals surface area contributed by atoms with E-state index in [2.05, 4.69) is 5.32 Å². The first-order valence-corrected chi connectivity index (χ1v) is 15.4. The molecule has 1 saturated heterocycles. The van der Waals surface area contributed by atoms with E-state index >= 15 is 0 Å². The summed E-state index contributed by atoms with van der Waals surface area (Å²) in [6, 6.07) is 14.0. The zero-order chi connectivity index (χ0) is 28.8. The monoisotopic (exact) mass is 585 g/mol. The van der Waals surface area contributed by atoms with Crippen LogP contribution in [0, 0.1) is 5.92 Å². The van der Waals surface area contributed by atoms with Gasteiger partial charge in [0, 0.05) is 25.2 Å². The largest absolute Gasteiger partial charge is 0.469 e. The van der Waals surface area contributed by atoms with E-state index in [0.717, 1.165) is 4.31 Å². The summed E-state index contributed by atoms with van der Waals surface area (Å²) < 4.78 is 56.6. The average molecular weight is 586 g/mol. The second-order valence-electron chi connectivity index (χ2n) is 9.95. The minimum Gasteiger partial charge on any atom is -0.444 e. The second kappa shape index (κ2) is 12.8. The Hall–Kier alpha value is -2.51. The number of nitrogen functional groups attached to an aromatic ring is 1. The molecule has 0 aliphatic carbocycles. The molecule has 216 valence electrons. The van der Waals surface area contributed by atoms with E-state index in [0.29, 0.717) is 24.3 Å². The summed E-state index contributed by atoms with van der Waals surface area (Å²) in [6.45, 7) is 5.26. The number of carbonyl (C=O) groups excluding carboxylic acids is 1. The predicted molar refractivity (Wildman–Crippen MR) is 144 cm³/mol. The third-order valence-corrected chi connectivity index (χ3v) is 8.64. The molecule has 0 aromatic heterocycles. The van der Waals surface area contributed by atoms with E-state index in [-0.39, 0.29) is 24.0 Å². The van der Waals surface area contributed by atoms with Crippen LogP contribution < -0.4 is 11.1 Å². The summed E-state index contributed by atoms with van der Waals surface area (Å²) in [4.78, 5) is 32.6. The number of hydrogen-bond donors (Lipinski definition) is 4. The molecular formula is C25H36N3O9PS. The van der Waals surface area contributed by atoms with Gasteiger partial charge in [-0.05, 0) is 42.7 Å². The van der Waals surface area contributed by atoms with Crippen molar-refractivity contribution < 1.29 is 41.6 Å². The summed E-state index contributed by atoms with van der Waals surface area (Å²) in [5.74, 6) is -0.160. The van der Waals surface area contributed by atoms with Crippen molar-refractivity contribution in [1.82, 2.24) is 9.62 Å². The molecule has 0 saturated carbocycles. The fourth-order valence-corrected chi connectivity index (χ4v) is 6.47. The quantitative estimate of drug-likeness (QED) is 0.214. The maximum absolute atomic E-state index is 13.7. The number of nitrogens with one attached hydrogen (secondary N) is 1. The number of anilines is 1. The number of phosphoric ester groups is 1. The minimum atomic E-state index is -5.18. The van der Waals surface area contributed by atoms with Crippen LogP contribution in [0.4, 0.5) is 10.5 Å². The number of phosphoric acid groups is 1. The van der Waals surface area contributed by atoms with Crippen LogP contribution in [0.1, 0.15) is 32.8 Å². The third-order valence-electron chi connectivity index (χ3n) is 6.26. The van der Waals surface area contributed by atoms with Gasteiger partial charge in [0.2, 0.25) is 10.0 Å². The molecule has 2 aromatic rings. The number of nitrogens with zero attached hydrogens (tertiary/aromatic N) is 1. The van der Waals surface area contributed by atoms with Crippen molar-refractivity contribution in [2.75, 3.05) is 32.0 Å². The molecule has 3 atom stereocenters. The normalized spacial score (nSPS) is 18.6. The van der Waals surface area contributed by atoms with Crippen LogP contribution in [0.5, 0.6) is 0 Å². The first kappa shape index (κ1) is 31.0. The van der Waals surface area contributed by atoms with Gasteiger partial charge >= 0.3 is 13.9 Å². The minimum absolute atomic E-state index is 0.00244. The third kappa shape index (κ3) is 8.49. The Bertz CT molecular complexity index is 1250. The van der Waals surface area contributed by atoms with Crippen molar-refractivity contribution >= 4 is 29.6 Å². The van der Waals surface area contributed by atoms with Gasteiger partial charge in [-0.15, -0.1) is 0 Å². The highest BCUT2D eigenvalue weighted by Crippen LogP contribution is 2.43. The number of carbonyl (C=O) groups is 1. The standard InChI is InChI=1S/C25H36N3O9PS/c1-18(2)15-28(39(33,34)22-11-9-20(26)10-12-22)16-23(37-38(30,31)32)25(3,19-7-5-4-6-8-19)27-24(29)36-21-13-14-35-17-21/h4-12,18,21,23H,13-17,26H2,1-3H3,(H,27,29)(H2,30,31,32)/t21-,23+,25-/m0/s1. The highest BCUT2D eigenvalue weighted by Gasteiger charge is 2.45. The van der Waals surface area contributed by atoms with Gasteiger partial charge in [0.05, 0.1) is 23.6 Å². The molecule has 5 N–H and O–H groups in total. The molecule has 0 spiro atoms. The molecule has 0 radical (unpaired) electrons. The van der Waals surface area contributed by atoms with Crippen LogP contribution in [0.15, 0.2) is 59.5 Å². The van der Waals surface area contributed by atoms with Gasteiger partial charge < -0.3 is 30.3 Å². The summed E-state index contributed by atoms with van der Waals surface area (Å²) in [7, 11) is -9.35. The lowest BCUT2D eigenvalue weighted by molar-refractivity contribution is 0.0296. The molecule has 1 heterocycles. The number of hydrogen-bond acceptors (Lipinski definition) is 8. The number of ether oxygens (including phenoxy) is 2. The highest BCUT2D eigenvalue weighted by molar-refractivity contribution is 7.89. The van der Waals surface area contributed by atoms with Crippen LogP contribution in [0.3, 0.4) is 0 Å². The first-order chi connectivity index (χ1) is 18.2. The van der Waals surface area contributed by atoms with E-state index in [1.54, 1.807) is 44.2 Å². The second-order valence-corrected chi connectivity index (χ2v) is 13.1. The zero-order valence-electron chi connectivity index (χ0n) is 22.1. The van der Waals surface area contributed by atoms with Crippen molar-refractivity contribution in [1.29, 1.82) is 0 Å². The summed E-state index contributed by atoms with van der Waals surface area (Å²) >= 11 is 0. The maximum atomic E-state index is 13.7. The Morgan fingerprint density at radius 3 is 2.36 bits per heavy atom. The Morgan fingerprint density at radius 2 is 1.82 bits per heavy atom. The fraction of sp³-hybridized carbons (Fsp3) is 0.480. The summed E-state index contributed by atoms with van der Waals surface area (Å²) in [6.07, 6.45) is -2.40. The maximum Gasteiger partial charge on any atom is 0.469 e. The molecule has 0 unspecified atom stereocenters. The Labute approximate surface area is 228 Å². The van der Waals surface area contributed by atoms with Crippen molar-refractivity contribution in [2.24, 2.45) is 5.92 Å².